The van der Waals surface area contributed by atoms with Crippen LogP contribution >= 0.6 is 0 Å². The molecule has 3 rings (SSSR count). The molecule has 1 fully saturated rings. The minimum atomic E-state index is -0.332. The topological polar surface area (TPSA) is 49.3 Å². The average Bonchev–Trinajstić information content (AvgIpc) is 3.21. The lowest BCUT2D eigenvalue weighted by Crippen LogP contribution is -2.40. The Morgan fingerprint density at radius 2 is 1.87 bits per heavy atom. The standard InChI is InChI=1S/C20H27NO2/c1-19(2,3)15-5-7-16(8-6-15)20(10-11-20)18(23)21-17-9-4-14(12-17)13-22/h4-9,14,17,22H,10-13H2,1-3H3,(H,21,23)/t14-,17+/m0/s1. The van der Waals surface area contributed by atoms with Gasteiger partial charge in [0.05, 0.1) is 5.41 Å². The van der Waals surface area contributed by atoms with E-state index in [9.17, 15) is 9.90 Å². The largest absolute Gasteiger partial charge is 0.396 e. The van der Waals surface area contributed by atoms with E-state index in [1.807, 2.05) is 12.2 Å². The van der Waals surface area contributed by atoms with Crippen molar-refractivity contribution < 1.29 is 9.90 Å². The van der Waals surface area contributed by atoms with Gasteiger partial charge in [0.2, 0.25) is 5.91 Å². The molecule has 124 valence electrons. The van der Waals surface area contributed by atoms with Gasteiger partial charge in [0.25, 0.3) is 0 Å². The summed E-state index contributed by atoms with van der Waals surface area (Å²) in [4.78, 5) is 12.8. The van der Waals surface area contributed by atoms with Crippen molar-refractivity contribution in [2.45, 2.75) is 56.9 Å². The predicted octanol–water partition coefficient (Wildman–Crippen LogP) is 3.07. The maximum atomic E-state index is 12.8. The van der Waals surface area contributed by atoms with Crippen molar-refractivity contribution in [3.05, 3.63) is 47.5 Å². The van der Waals surface area contributed by atoms with E-state index < -0.39 is 0 Å². The minimum absolute atomic E-state index is 0.0611. The molecular formula is C20H27NO2. The molecule has 0 radical (unpaired) electrons. The Kier molecular flexibility index (Phi) is 4.09. The lowest BCUT2D eigenvalue weighted by molar-refractivity contribution is -0.124. The molecule has 1 amide bonds. The molecule has 2 aliphatic rings. The Balaban J connectivity index is 1.70. The highest BCUT2D eigenvalue weighted by molar-refractivity contribution is 5.91. The van der Waals surface area contributed by atoms with Gasteiger partial charge in [-0.25, -0.2) is 0 Å². The number of nitrogens with one attached hydrogen (secondary N) is 1. The number of benzene rings is 1. The van der Waals surface area contributed by atoms with Gasteiger partial charge in [-0.05, 0) is 35.8 Å². The Morgan fingerprint density at radius 1 is 1.22 bits per heavy atom. The third-order valence-electron chi connectivity index (χ3n) is 5.21. The molecule has 2 N–H and O–H groups in total. The summed E-state index contributed by atoms with van der Waals surface area (Å²) in [6.45, 7) is 6.76. The second kappa shape index (κ2) is 5.79. The van der Waals surface area contributed by atoms with Gasteiger partial charge in [0.1, 0.15) is 0 Å². The van der Waals surface area contributed by atoms with Gasteiger partial charge < -0.3 is 10.4 Å². The molecule has 1 aromatic rings. The maximum Gasteiger partial charge on any atom is 0.231 e. The van der Waals surface area contributed by atoms with Crippen LogP contribution < -0.4 is 5.32 Å². The first-order chi connectivity index (χ1) is 10.8. The van der Waals surface area contributed by atoms with E-state index in [0.717, 1.165) is 24.8 Å². The van der Waals surface area contributed by atoms with Crippen LogP contribution in [0.3, 0.4) is 0 Å². The number of aliphatic hydroxyl groups excluding tert-OH is 1. The highest BCUT2D eigenvalue weighted by atomic mass is 16.3. The van der Waals surface area contributed by atoms with Gasteiger partial charge >= 0.3 is 0 Å². The lowest BCUT2D eigenvalue weighted by atomic mass is 9.85. The van der Waals surface area contributed by atoms with Crippen LogP contribution in [0, 0.1) is 5.92 Å². The molecule has 0 spiro atoms. The molecule has 3 nitrogen and oxygen atoms in total. The Morgan fingerprint density at radius 3 is 2.35 bits per heavy atom. The number of rotatable bonds is 4. The number of hydrogen-bond acceptors (Lipinski definition) is 2. The number of hydrogen-bond donors (Lipinski definition) is 2. The van der Waals surface area contributed by atoms with Gasteiger partial charge in [-0.1, -0.05) is 57.2 Å². The Labute approximate surface area is 138 Å². The van der Waals surface area contributed by atoms with E-state index in [2.05, 4.69) is 50.4 Å². The van der Waals surface area contributed by atoms with E-state index >= 15 is 0 Å². The van der Waals surface area contributed by atoms with Crippen LogP contribution in [0.5, 0.6) is 0 Å². The molecule has 23 heavy (non-hydrogen) atoms. The predicted molar refractivity (Wildman–Crippen MR) is 92.3 cm³/mol. The van der Waals surface area contributed by atoms with Crippen molar-refractivity contribution in [1.82, 2.24) is 5.32 Å². The minimum Gasteiger partial charge on any atom is -0.396 e. The smallest absolute Gasteiger partial charge is 0.231 e. The number of carbonyl (C=O) groups is 1. The molecule has 1 aromatic carbocycles. The second-order valence-corrected chi connectivity index (χ2v) is 8.05. The summed E-state index contributed by atoms with van der Waals surface area (Å²) in [7, 11) is 0. The summed E-state index contributed by atoms with van der Waals surface area (Å²) < 4.78 is 0. The van der Waals surface area contributed by atoms with Crippen molar-refractivity contribution in [3.8, 4) is 0 Å². The van der Waals surface area contributed by atoms with E-state index in [-0.39, 0.29) is 35.3 Å². The fourth-order valence-electron chi connectivity index (χ4n) is 3.38. The summed E-state index contributed by atoms with van der Waals surface area (Å²) in [6, 6.07) is 8.60. The number of aliphatic hydroxyl groups is 1. The zero-order valence-electron chi connectivity index (χ0n) is 14.3. The molecule has 0 aliphatic heterocycles. The van der Waals surface area contributed by atoms with E-state index in [1.54, 1.807) is 0 Å². The Hall–Kier alpha value is -1.61. The van der Waals surface area contributed by atoms with Gasteiger partial charge in [-0.15, -0.1) is 0 Å². The van der Waals surface area contributed by atoms with Crippen LogP contribution in [0.4, 0.5) is 0 Å². The zero-order valence-corrected chi connectivity index (χ0v) is 14.3. The first-order valence-corrected chi connectivity index (χ1v) is 8.56. The Bertz CT molecular complexity index is 606. The first kappa shape index (κ1) is 16.3. The average molecular weight is 313 g/mol. The quantitative estimate of drug-likeness (QED) is 0.839. The van der Waals surface area contributed by atoms with Crippen molar-refractivity contribution in [3.63, 3.8) is 0 Å². The zero-order chi connectivity index (χ0) is 16.7. The van der Waals surface area contributed by atoms with Crippen LogP contribution in [0.2, 0.25) is 0 Å². The summed E-state index contributed by atoms with van der Waals surface area (Å²) in [6.07, 6.45) is 6.67. The fraction of sp³-hybridized carbons (Fsp3) is 0.550. The van der Waals surface area contributed by atoms with Gasteiger partial charge in [-0.3, -0.25) is 4.79 Å². The van der Waals surface area contributed by atoms with Crippen LogP contribution in [0.1, 0.15) is 51.2 Å². The SMILES string of the molecule is CC(C)(C)c1ccc(C2(C(=O)N[C@@H]3C=C[C@H](CO)C3)CC2)cc1. The van der Waals surface area contributed by atoms with Gasteiger partial charge in [0, 0.05) is 18.6 Å². The number of amides is 1. The summed E-state index contributed by atoms with van der Waals surface area (Å²) in [5.74, 6) is 0.316. The molecule has 3 heteroatoms. The molecule has 0 aromatic heterocycles. The second-order valence-electron chi connectivity index (χ2n) is 8.05. The lowest BCUT2D eigenvalue weighted by Gasteiger charge is -2.22. The summed E-state index contributed by atoms with van der Waals surface area (Å²) >= 11 is 0. The van der Waals surface area contributed by atoms with Gasteiger partial charge in [0.15, 0.2) is 0 Å². The third kappa shape index (κ3) is 3.20. The molecule has 0 heterocycles. The van der Waals surface area contributed by atoms with Crippen LogP contribution in [0.15, 0.2) is 36.4 Å². The maximum absolute atomic E-state index is 12.8. The van der Waals surface area contributed by atoms with Gasteiger partial charge in [-0.2, -0.15) is 0 Å². The highest BCUT2D eigenvalue weighted by Crippen LogP contribution is 2.49. The van der Waals surface area contributed by atoms with Crippen molar-refractivity contribution in [2.75, 3.05) is 6.61 Å². The third-order valence-corrected chi connectivity index (χ3v) is 5.21. The van der Waals surface area contributed by atoms with Crippen LogP contribution in [0.25, 0.3) is 0 Å². The molecule has 2 atom stereocenters. The summed E-state index contributed by atoms with van der Waals surface area (Å²) in [5.41, 5.74) is 2.22. The van der Waals surface area contributed by atoms with E-state index in [4.69, 9.17) is 0 Å². The molecule has 0 bridgehead atoms. The van der Waals surface area contributed by atoms with Crippen molar-refractivity contribution in [1.29, 1.82) is 0 Å². The van der Waals surface area contributed by atoms with Crippen molar-refractivity contribution >= 4 is 5.91 Å². The van der Waals surface area contributed by atoms with E-state index in [1.165, 1.54) is 5.56 Å². The number of carbonyl (C=O) groups excluding carboxylic acids is 1. The fourth-order valence-corrected chi connectivity index (χ4v) is 3.38. The van der Waals surface area contributed by atoms with Crippen LogP contribution in [-0.4, -0.2) is 23.7 Å². The van der Waals surface area contributed by atoms with Crippen LogP contribution in [-0.2, 0) is 15.6 Å². The molecule has 2 aliphatic carbocycles. The van der Waals surface area contributed by atoms with Crippen molar-refractivity contribution in [2.24, 2.45) is 5.92 Å². The molecule has 0 saturated heterocycles. The highest BCUT2D eigenvalue weighted by Gasteiger charge is 2.51. The molecule has 1 saturated carbocycles. The molecule has 0 unspecified atom stereocenters. The molecular weight excluding hydrogens is 286 g/mol. The normalized spacial score (nSPS) is 25.4. The van der Waals surface area contributed by atoms with E-state index in [0.29, 0.717) is 0 Å². The first-order valence-electron chi connectivity index (χ1n) is 8.56. The monoisotopic (exact) mass is 313 g/mol. The summed E-state index contributed by atoms with van der Waals surface area (Å²) in [5, 5.41) is 12.3.